The average Bonchev–Trinajstić information content (AvgIpc) is 2.47. The molecular weight excluding hydrogens is 240 g/mol. The summed E-state index contributed by atoms with van der Waals surface area (Å²) in [5.74, 6) is -0.510. The minimum absolute atomic E-state index is 0.000697. The third-order valence-electron chi connectivity index (χ3n) is 2.40. The minimum Gasteiger partial charge on any atom is -0.432 e. The highest BCUT2D eigenvalue weighted by molar-refractivity contribution is 8.13. The van der Waals surface area contributed by atoms with Crippen molar-refractivity contribution in [2.45, 2.75) is 58.3 Å². The topological polar surface area (TPSA) is 52.6 Å². The molecule has 0 N–H and O–H groups in total. The van der Waals surface area contributed by atoms with Crippen LogP contribution in [0.15, 0.2) is 0 Å². The first-order valence-corrected chi connectivity index (χ1v) is 6.99. The molecule has 0 aromatic carbocycles. The van der Waals surface area contributed by atoms with E-state index in [-0.39, 0.29) is 11.5 Å². The first kappa shape index (κ1) is 14.5. The number of carbonyl (C=O) groups is 2. The van der Waals surface area contributed by atoms with Crippen LogP contribution in [0.1, 0.15) is 46.5 Å². The predicted molar refractivity (Wildman–Crippen MR) is 66.7 cm³/mol. The highest BCUT2D eigenvalue weighted by Gasteiger charge is 2.41. The van der Waals surface area contributed by atoms with E-state index in [2.05, 4.69) is 6.92 Å². The lowest BCUT2D eigenvalue weighted by atomic mass is 10.3. The van der Waals surface area contributed by atoms with Crippen molar-refractivity contribution in [2.24, 2.45) is 0 Å². The first-order valence-electron chi connectivity index (χ1n) is 6.01. The van der Waals surface area contributed by atoms with Gasteiger partial charge in [0, 0.05) is 19.6 Å². The first-order chi connectivity index (χ1) is 7.94. The Morgan fingerprint density at radius 1 is 1.41 bits per heavy atom. The van der Waals surface area contributed by atoms with Crippen LogP contribution in [0.3, 0.4) is 0 Å². The van der Waals surface area contributed by atoms with Crippen molar-refractivity contribution in [3.05, 3.63) is 0 Å². The number of cyclic esters (lactones) is 1. The number of unbranched alkanes of at least 4 members (excludes halogenated alkanes) is 2. The zero-order valence-corrected chi connectivity index (χ0v) is 11.5. The van der Waals surface area contributed by atoms with E-state index in [1.54, 1.807) is 13.8 Å². The van der Waals surface area contributed by atoms with Gasteiger partial charge in [-0.25, -0.2) is 4.79 Å². The molecule has 1 heterocycles. The van der Waals surface area contributed by atoms with E-state index < -0.39 is 17.9 Å². The number of carbonyl (C=O) groups excluding carboxylic acids is 2. The molecule has 1 atom stereocenters. The Labute approximate surface area is 106 Å². The Morgan fingerprint density at radius 2 is 2.12 bits per heavy atom. The number of hydrogen-bond donors (Lipinski definition) is 0. The SMILES string of the molecule is CCCCCSC(=O)C[C@H]1OC(C)(C)OC1=O. The van der Waals surface area contributed by atoms with Gasteiger partial charge in [-0.1, -0.05) is 31.5 Å². The van der Waals surface area contributed by atoms with Crippen LogP contribution in [0.4, 0.5) is 0 Å². The van der Waals surface area contributed by atoms with Crippen LogP contribution >= 0.6 is 11.8 Å². The maximum absolute atomic E-state index is 11.6. The molecule has 1 fully saturated rings. The lowest BCUT2D eigenvalue weighted by Crippen LogP contribution is -2.22. The molecule has 0 radical (unpaired) electrons. The molecule has 98 valence electrons. The molecule has 0 unspecified atom stereocenters. The van der Waals surface area contributed by atoms with Crippen LogP contribution in [0.5, 0.6) is 0 Å². The van der Waals surface area contributed by atoms with Crippen molar-refractivity contribution >= 4 is 22.8 Å². The van der Waals surface area contributed by atoms with Crippen LogP contribution < -0.4 is 0 Å². The second kappa shape index (κ2) is 6.40. The van der Waals surface area contributed by atoms with Crippen molar-refractivity contribution in [2.75, 3.05) is 5.75 Å². The summed E-state index contributed by atoms with van der Waals surface area (Å²) in [6.07, 6.45) is 2.69. The molecule has 0 spiro atoms. The molecule has 0 aliphatic carbocycles. The number of thioether (sulfide) groups is 1. The van der Waals surface area contributed by atoms with Crippen molar-refractivity contribution in [3.63, 3.8) is 0 Å². The van der Waals surface area contributed by atoms with Gasteiger partial charge in [0.25, 0.3) is 0 Å². The Balaban J connectivity index is 2.25. The second-order valence-corrected chi connectivity index (χ2v) is 5.71. The smallest absolute Gasteiger partial charge is 0.338 e. The van der Waals surface area contributed by atoms with Crippen molar-refractivity contribution in [3.8, 4) is 0 Å². The zero-order valence-electron chi connectivity index (χ0n) is 10.7. The van der Waals surface area contributed by atoms with E-state index in [0.717, 1.165) is 25.0 Å². The summed E-state index contributed by atoms with van der Waals surface area (Å²) in [5, 5.41) is 0.000697. The quantitative estimate of drug-likeness (QED) is 0.542. The fraction of sp³-hybridized carbons (Fsp3) is 0.833. The van der Waals surface area contributed by atoms with E-state index in [9.17, 15) is 9.59 Å². The number of rotatable bonds is 6. The Kier molecular flexibility index (Phi) is 5.46. The van der Waals surface area contributed by atoms with Gasteiger partial charge < -0.3 is 9.47 Å². The highest BCUT2D eigenvalue weighted by atomic mass is 32.2. The molecule has 5 heteroatoms. The molecule has 1 rings (SSSR count). The number of ether oxygens (including phenoxy) is 2. The summed E-state index contributed by atoms with van der Waals surface area (Å²) in [6.45, 7) is 5.46. The Hall–Kier alpha value is -0.550. The van der Waals surface area contributed by atoms with Gasteiger partial charge in [-0.15, -0.1) is 0 Å². The van der Waals surface area contributed by atoms with Gasteiger partial charge in [0.1, 0.15) is 0 Å². The number of hydrogen-bond acceptors (Lipinski definition) is 5. The molecule has 0 aromatic rings. The maximum atomic E-state index is 11.6. The van der Waals surface area contributed by atoms with Gasteiger partial charge in [0.05, 0.1) is 6.42 Å². The molecular formula is C12H20O4S. The van der Waals surface area contributed by atoms with Crippen molar-refractivity contribution < 1.29 is 19.1 Å². The van der Waals surface area contributed by atoms with Crippen LogP contribution in [-0.4, -0.2) is 28.7 Å². The molecule has 0 amide bonds. The largest absolute Gasteiger partial charge is 0.432 e. The van der Waals surface area contributed by atoms with E-state index >= 15 is 0 Å². The molecule has 1 aliphatic rings. The monoisotopic (exact) mass is 260 g/mol. The maximum Gasteiger partial charge on any atom is 0.338 e. The van der Waals surface area contributed by atoms with E-state index in [1.807, 2.05) is 0 Å². The number of esters is 1. The summed E-state index contributed by atoms with van der Waals surface area (Å²) < 4.78 is 10.3. The minimum atomic E-state index is -0.894. The van der Waals surface area contributed by atoms with Crippen molar-refractivity contribution in [1.82, 2.24) is 0 Å². The van der Waals surface area contributed by atoms with Crippen LogP contribution in [0, 0.1) is 0 Å². The summed E-state index contributed by atoms with van der Waals surface area (Å²) in [5.41, 5.74) is 0. The van der Waals surface area contributed by atoms with E-state index in [0.29, 0.717) is 0 Å². The molecule has 0 aromatic heterocycles. The Morgan fingerprint density at radius 3 is 2.65 bits per heavy atom. The summed E-state index contributed by atoms with van der Waals surface area (Å²) in [6, 6.07) is 0. The average molecular weight is 260 g/mol. The third-order valence-corrected chi connectivity index (χ3v) is 3.38. The zero-order chi connectivity index (χ0) is 12.9. The molecule has 4 nitrogen and oxygen atoms in total. The summed E-state index contributed by atoms with van der Waals surface area (Å²) in [4.78, 5) is 23.0. The van der Waals surface area contributed by atoms with Gasteiger partial charge in [-0.3, -0.25) is 4.79 Å². The van der Waals surface area contributed by atoms with E-state index in [4.69, 9.17) is 9.47 Å². The summed E-state index contributed by atoms with van der Waals surface area (Å²) in [7, 11) is 0. The predicted octanol–water partition coefficient (Wildman–Crippen LogP) is 2.50. The lowest BCUT2D eigenvalue weighted by molar-refractivity contribution is -0.160. The van der Waals surface area contributed by atoms with Gasteiger partial charge in [0.2, 0.25) is 5.79 Å². The van der Waals surface area contributed by atoms with E-state index in [1.165, 1.54) is 11.8 Å². The van der Waals surface area contributed by atoms with Crippen LogP contribution in [0.25, 0.3) is 0 Å². The third kappa shape index (κ3) is 5.08. The lowest BCUT2D eigenvalue weighted by Gasteiger charge is -2.14. The Bertz CT molecular complexity index is 288. The van der Waals surface area contributed by atoms with Crippen molar-refractivity contribution in [1.29, 1.82) is 0 Å². The second-order valence-electron chi connectivity index (χ2n) is 4.56. The summed E-state index contributed by atoms with van der Waals surface area (Å²) >= 11 is 1.28. The fourth-order valence-electron chi connectivity index (χ4n) is 1.60. The van der Waals surface area contributed by atoms with Gasteiger partial charge in [-0.05, 0) is 6.42 Å². The van der Waals surface area contributed by atoms with Crippen LogP contribution in [-0.2, 0) is 19.1 Å². The fourth-order valence-corrected chi connectivity index (χ4v) is 2.44. The molecule has 1 aliphatic heterocycles. The van der Waals surface area contributed by atoms with Gasteiger partial charge in [-0.2, -0.15) is 0 Å². The molecule has 0 saturated carbocycles. The highest BCUT2D eigenvalue weighted by Crippen LogP contribution is 2.26. The molecule has 0 bridgehead atoms. The normalized spacial score (nSPS) is 22.5. The van der Waals surface area contributed by atoms with Crippen LogP contribution in [0.2, 0.25) is 0 Å². The standard InChI is InChI=1S/C12H20O4S/c1-4-5-6-7-17-10(13)8-9-11(14)16-12(2,3)15-9/h9H,4-8H2,1-3H3/t9-/m1/s1. The molecule has 1 saturated heterocycles. The van der Waals surface area contributed by atoms with Gasteiger partial charge in [0.15, 0.2) is 11.2 Å². The molecule has 17 heavy (non-hydrogen) atoms. The van der Waals surface area contributed by atoms with Gasteiger partial charge >= 0.3 is 5.97 Å².